The smallest absolute Gasteiger partial charge is 0.422 e. The van der Waals surface area contributed by atoms with Gasteiger partial charge < -0.3 is 10.1 Å². The highest BCUT2D eigenvalue weighted by molar-refractivity contribution is 6.31. The Kier molecular flexibility index (Phi) is 7.83. The zero-order chi connectivity index (χ0) is 22.5. The third-order valence-electron chi connectivity index (χ3n) is 4.27. The molecule has 1 aromatic carbocycles. The number of nitrogens with zero attached hydrogens (tertiary/aromatic N) is 1. The lowest BCUT2D eigenvalue weighted by atomic mass is 10.0. The molecule has 1 unspecified atom stereocenters. The van der Waals surface area contributed by atoms with Gasteiger partial charge in [0.15, 0.2) is 6.61 Å². The Hall–Kier alpha value is -2.61. The van der Waals surface area contributed by atoms with Gasteiger partial charge in [-0.3, -0.25) is 14.6 Å². The number of carbonyl (C=O) groups excluding carboxylic acids is 2. The van der Waals surface area contributed by atoms with Crippen molar-refractivity contribution in [2.24, 2.45) is 5.92 Å². The van der Waals surface area contributed by atoms with Gasteiger partial charge in [0.25, 0.3) is 5.91 Å². The predicted octanol–water partition coefficient (Wildman–Crippen LogP) is 4.93. The Morgan fingerprint density at radius 3 is 2.47 bits per heavy atom. The molecule has 0 spiro atoms. The third-order valence-corrected chi connectivity index (χ3v) is 4.59. The van der Waals surface area contributed by atoms with E-state index in [1.807, 2.05) is 0 Å². The Morgan fingerprint density at radius 2 is 1.87 bits per heavy atom. The number of halogens is 4. The van der Waals surface area contributed by atoms with Crippen LogP contribution in [-0.2, 0) is 11.2 Å². The number of benzene rings is 1. The number of Topliss-reactive ketones (excluding diaryl/α,β-unsaturated/α-hetero) is 1. The summed E-state index contributed by atoms with van der Waals surface area (Å²) < 4.78 is 41.5. The topological polar surface area (TPSA) is 68.3 Å². The molecule has 162 valence electrons. The van der Waals surface area contributed by atoms with E-state index < -0.39 is 24.7 Å². The monoisotopic (exact) mass is 442 g/mol. The molecule has 1 atom stereocenters. The maximum absolute atomic E-state index is 12.6. The molecule has 0 saturated heterocycles. The van der Waals surface area contributed by atoms with E-state index in [0.717, 1.165) is 0 Å². The summed E-state index contributed by atoms with van der Waals surface area (Å²) in [4.78, 5) is 28.6. The van der Waals surface area contributed by atoms with Crippen LogP contribution >= 0.6 is 11.6 Å². The molecule has 2 aromatic rings. The molecule has 1 N–H and O–H groups in total. The van der Waals surface area contributed by atoms with Gasteiger partial charge in [-0.05, 0) is 36.8 Å². The van der Waals surface area contributed by atoms with Gasteiger partial charge in [-0.15, -0.1) is 0 Å². The molecule has 9 heteroatoms. The zero-order valence-corrected chi connectivity index (χ0v) is 17.5. The van der Waals surface area contributed by atoms with Crippen LogP contribution in [0, 0.1) is 5.92 Å². The third kappa shape index (κ3) is 7.02. The number of amides is 1. The highest BCUT2D eigenvalue weighted by atomic mass is 35.5. The van der Waals surface area contributed by atoms with Crippen LogP contribution in [0.15, 0.2) is 36.5 Å². The second-order valence-electron chi connectivity index (χ2n) is 7.12. The lowest BCUT2D eigenvalue weighted by molar-refractivity contribution is -0.153. The Morgan fingerprint density at radius 1 is 1.17 bits per heavy atom. The van der Waals surface area contributed by atoms with Crippen molar-refractivity contribution in [3.8, 4) is 5.75 Å². The molecule has 30 heavy (non-hydrogen) atoms. The first-order chi connectivity index (χ1) is 14.0. The Labute approximate surface area is 177 Å². The summed E-state index contributed by atoms with van der Waals surface area (Å²) in [5.74, 6) is -0.521. The van der Waals surface area contributed by atoms with Crippen LogP contribution in [0.1, 0.15) is 48.4 Å². The fraction of sp³-hybridized carbons (Fsp3) is 0.381. The molecule has 0 aliphatic heterocycles. The molecule has 0 radical (unpaired) electrons. The predicted molar refractivity (Wildman–Crippen MR) is 107 cm³/mol. The van der Waals surface area contributed by atoms with Gasteiger partial charge in [0.2, 0.25) is 0 Å². The highest BCUT2D eigenvalue weighted by Gasteiger charge is 2.28. The average Bonchev–Trinajstić information content (AvgIpc) is 2.65. The molecule has 1 amide bonds. The van der Waals surface area contributed by atoms with Crippen molar-refractivity contribution in [3.63, 3.8) is 0 Å². The second kappa shape index (κ2) is 9.93. The Balaban J connectivity index is 2.06. The van der Waals surface area contributed by atoms with E-state index in [4.69, 9.17) is 11.6 Å². The van der Waals surface area contributed by atoms with Gasteiger partial charge in [0.1, 0.15) is 11.5 Å². The number of pyridine rings is 1. The van der Waals surface area contributed by atoms with Gasteiger partial charge in [-0.1, -0.05) is 31.5 Å². The van der Waals surface area contributed by atoms with Crippen molar-refractivity contribution in [2.45, 2.75) is 39.4 Å². The van der Waals surface area contributed by atoms with Crippen LogP contribution in [0.4, 0.5) is 13.2 Å². The van der Waals surface area contributed by atoms with E-state index >= 15 is 0 Å². The molecule has 0 saturated carbocycles. The number of hydrogen-bond acceptors (Lipinski definition) is 4. The minimum atomic E-state index is -4.45. The van der Waals surface area contributed by atoms with Gasteiger partial charge in [-0.2, -0.15) is 13.2 Å². The van der Waals surface area contributed by atoms with E-state index in [1.54, 1.807) is 26.8 Å². The lowest BCUT2D eigenvalue weighted by Crippen LogP contribution is -2.27. The standard InChI is InChI=1S/C21H22ClF3N2O3/c1-12(2)19(28)9-15-8-14(6-7-26-15)20(29)27-13(3)17-5-4-16(10-18(17)22)30-11-21(23,24)25/h4-8,10,12-13H,9,11H2,1-3H3,(H,27,29). The van der Waals surface area contributed by atoms with Gasteiger partial charge in [0.05, 0.1) is 6.04 Å². The number of aromatic nitrogens is 1. The zero-order valence-electron chi connectivity index (χ0n) is 16.7. The number of ether oxygens (including phenoxy) is 1. The quantitative estimate of drug-likeness (QED) is 0.629. The largest absolute Gasteiger partial charge is 0.484 e. The van der Waals surface area contributed by atoms with Gasteiger partial charge in [0, 0.05) is 34.8 Å². The summed E-state index contributed by atoms with van der Waals surface area (Å²) in [6, 6.07) is 6.69. The van der Waals surface area contributed by atoms with E-state index in [0.29, 0.717) is 16.8 Å². The van der Waals surface area contributed by atoms with Crippen LogP contribution in [0.2, 0.25) is 5.02 Å². The first-order valence-corrected chi connectivity index (χ1v) is 9.61. The van der Waals surface area contributed by atoms with Crippen LogP contribution < -0.4 is 10.1 Å². The number of carbonyl (C=O) groups is 2. The second-order valence-corrected chi connectivity index (χ2v) is 7.52. The molecule has 0 fully saturated rings. The molecule has 1 aromatic heterocycles. The van der Waals surface area contributed by atoms with Crippen molar-refractivity contribution in [2.75, 3.05) is 6.61 Å². The summed E-state index contributed by atoms with van der Waals surface area (Å²) in [5, 5.41) is 2.94. The van der Waals surface area contributed by atoms with Crippen LogP contribution in [-0.4, -0.2) is 29.5 Å². The average molecular weight is 443 g/mol. The lowest BCUT2D eigenvalue weighted by Gasteiger charge is -2.17. The minimum Gasteiger partial charge on any atom is -0.484 e. The number of hydrogen-bond donors (Lipinski definition) is 1. The maximum atomic E-state index is 12.6. The molecule has 1 heterocycles. The minimum absolute atomic E-state index is 0.0202. The molecular formula is C21H22ClF3N2O3. The fourth-order valence-corrected chi connectivity index (χ4v) is 2.90. The summed E-state index contributed by atoms with van der Waals surface area (Å²) in [5.41, 5.74) is 1.36. The first kappa shape index (κ1) is 23.7. The number of alkyl halides is 3. The van der Waals surface area contributed by atoms with Crippen molar-refractivity contribution in [1.29, 1.82) is 0 Å². The summed E-state index contributed by atoms with van der Waals surface area (Å²) in [6.45, 7) is 3.87. The van der Waals surface area contributed by atoms with Crippen LogP contribution in [0.3, 0.4) is 0 Å². The van der Waals surface area contributed by atoms with Crippen molar-refractivity contribution < 1.29 is 27.5 Å². The van der Waals surface area contributed by atoms with E-state index in [2.05, 4.69) is 15.0 Å². The normalized spacial score (nSPS) is 12.5. The summed E-state index contributed by atoms with van der Waals surface area (Å²) in [7, 11) is 0. The first-order valence-electron chi connectivity index (χ1n) is 9.23. The molecule has 2 rings (SSSR count). The van der Waals surface area contributed by atoms with E-state index in [-0.39, 0.29) is 28.9 Å². The maximum Gasteiger partial charge on any atom is 0.422 e. The van der Waals surface area contributed by atoms with Gasteiger partial charge >= 0.3 is 6.18 Å². The van der Waals surface area contributed by atoms with Crippen molar-refractivity contribution in [1.82, 2.24) is 10.3 Å². The fourth-order valence-electron chi connectivity index (χ4n) is 2.57. The number of nitrogens with one attached hydrogen (secondary N) is 1. The van der Waals surface area contributed by atoms with Crippen LogP contribution in [0.5, 0.6) is 5.75 Å². The Bertz CT molecular complexity index is 917. The summed E-state index contributed by atoms with van der Waals surface area (Å²) in [6.07, 6.45) is -2.85. The van der Waals surface area contributed by atoms with Crippen LogP contribution in [0.25, 0.3) is 0 Å². The molecular weight excluding hydrogens is 421 g/mol. The van der Waals surface area contributed by atoms with E-state index in [1.165, 1.54) is 30.5 Å². The number of ketones is 1. The number of rotatable bonds is 8. The molecule has 0 aliphatic rings. The van der Waals surface area contributed by atoms with Crippen molar-refractivity contribution in [3.05, 3.63) is 58.4 Å². The van der Waals surface area contributed by atoms with Crippen molar-refractivity contribution >= 4 is 23.3 Å². The van der Waals surface area contributed by atoms with Gasteiger partial charge in [-0.25, -0.2) is 0 Å². The molecule has 0 bridgehead atoms. The molecule has 0 aliphatic carbocycles. The molecule has 5 nitrogen and oxygen atoms in total. The summed E-state index contributed by atoms with van der Waals surface area (Å²) >= 11 is 6.16. The SMILES string of the molecule is CC(C)C(=O)Cc1cc(C(=O)NC(C)c2ccc(OCC(F)(F)F)cc2Cl)ccn1. The van der Waals surface area contributed by atoms with E-state index in [9.17, 15) is 22.8 Å². The highest BCUT2D eigenvalue weighted by Crippen LogP contribution is 2.28.